The fourth-order valence-electron chi connectivity index (χ4n) is 4.39. The molecule has 0 fully saturated rings. The molecule has 2 aromatic rings. The van der Waals surface area contributed by atoms with E-state index >= 15 is 0 Å². The van der Waals surface area contributed by atoms with E-state index in [1.165, 1.54) is 0 Å². The number of hydrogen-bond donors (Lipinski definition) is 2. The summed E-state index contributed by atoms with van der Waals surface area (Å²) in [6, 6.07) is 10.9. The highest BCUT2D eigenvalue weighted by atomic mass is 79.9. The molecule has 1 aliphatic carbocycles. The van der Waals surface area contributed by atoms with E-state index in [0.29, 0.717) is 34.1 Å². The average Bonchev–Trinajstić information content (AvgIpc) is 2.68. The molecule has 1 aromatic heterocycles. The maximum Gasteiger partial charge on any atom is 0.255 e. The van der Waals surface area contributed by atoms with Crippen molar-refractivity contribution in [2.45, 2.75) is 39.5 Å². The third-order valence-corrected chi connectivity index (χ3v) is 6.48. The van der Waals surface area contributed by atoms with Crippen molar-refractivity contribution in [2.24, 2.45) is 5.41 Å². The molecule has 1 amide bonds. The second-order valence-corrected chi connectivity index (χ2v) is 10.1. The van der Waals surface area contributed by atoms with Crippen LogP contribution in [0.1, 0.15) is 45.1 Å². The Kier molecular flexibility index (Phi) is 5.79. The van der Waals surface area contributed by atoms with Crippen LogP contribution < -0.4 is 10.6 Å². The van der Waals surface area contributed by atoms with Gasteiger partial charge in [-0.1, -0.05) is 43.6 Å². The highest BCUT2D eigenvalue weighted by molar-refractivity contribution is 9.10. The highest BCUT2D eigenvalue weighted by Gasteiger charge is 2.43. The molecule has 2 N–H and O–H groups in total. The molecule has 0 bridgehead atoms. The third-order valence-electron chi connectivity index (χ3n) is 5.67. The van der Waals surface area contributed by atoms with Crippen molar-refractivity contribution in [1.82, 2.24) is 10.3 Å². The molecule has 0 radical (unpaired) electrons. The molecule has 1 aromatic carbocycles. The lowest BCUT2D eigenvalue weighted by Gasteiger charge is -2.39. The van der Waals surface area contributed by atoms with Crippen molar-refractivity contribution in [1.29, 1.82) is 0 Å². The molecule has 2 aliphatic rings. The van der Waals surface area contributed by atoms with Crippen LogP contribution >= 0.6 is 27.5 Å². The van der Waals surface area contributed by atoms with E-state index in [0.717, 1.165) is 22.2 Å². The Bertz CT molecular complexity index is 1140. The second kappa shape index (κ2) is 8.24. The summed E-state index contributed by atoms with van der Waals surface area (Å²) in [5.74, 6) is -0.372. The molecule has 2 heterocycles. The first-order valence-electron chi connectivity index (χ1n) is 10.1. The standard InChI is InChI=1S/C24H23BrClN3O2/c1-13-20(23(31)29-19-9-8-14(25)12-27-19)21(15-6-4-5-7-16(15)26)22-17(28-13)10-24(2,3)11-18(22)30/h4-9,12,21,28H,10-11H2,1-3H3,(H,27,29,31)/t21-/m0/s1. The number of carbonyl (C=O) groups excluding carboxylic acids is 2. The molecule has 5 nitrogen and oxygen atoms in total. The van der Waals surface area contributed by atoms with Gasteiger partial charge in [0.2, 0.25) is 0 Å². The van der Waals surface area contributed by atoms with Crippen LogP contribution in [-0.4, -0.2) is 16.7 Å². The summed E-state index contributed by atoms with van der Waals surface area (Å²) in [5, 5.41) is 6.75. The third kappa shape index (κ3) is 4.32. The summed E-state index contributed by atoms with van der Waals surface area (Å²) < 4.78 is 0.819. The van der Waals surface area contributed by atoms with Gasteiger partial charge in [0.1, 0.15) is 5.82 Å². The van der Waals surface area contributed by atoms with Crippen LogP contribution in [0.25, 0.3) is 0 Å². The van der Waals surface area contributed by atoms with Gasteiger partial charge in [-0.05, 0) is 58.5 Å². The lowest BCUT2D eigenvalue weighted by atomic mass is 9.68. The number of rotatable bonds is 3. The Morgan fingerprint density at radius 3 is 2.65 bits per heavy atom. The first kappa shape index (κ1) is 21.8. The largest absolute Gasteiger partial charge is 0.362 e. The van der Waals surface area contributed by atoms with E-state index in [4.69, 9.17) is 11.6 Å². The maximum absolute atomic E-state index is 13.4. The number of anilines is 1. The Morgan fingerprint density at radius 2 is 1.97 bits per heavy atom. The maximum atomic E-state index is 13.4. The van der Waals surface area contributed by atoms with E-state index in [2.05, 4.69) is 45.4 Å². The Labute approximate surface area is 195 Å². The summed E-state index contributed by atoms with van der Waals surface area (Å²) in [6.45, 7) is 6.03. The first-order chi connectivity index (χ1) is 14.7. The van der Waals surface area contributed by atoms with E-state index in [-0.39, 0.29) is 17.1 Å². The number of halogens is 2. The van der Waals surface area contributed by atoms with Gasteiger partial charge in [0.15, 0.2) is 5.78 Å². The summed E-state index contributed by atoms with van der Waals surface area (Å²) in [4.78, 5) is 31.0. The van der Waals surface area contributed by atoms with Gasteiger partial charge in [-0.15, -0.1) is 0 Å². The van der Waals surface area contributed by atoms with Gasteiger partial charge in [0.05, 0.1) is 0 Å². The zero-order valence-electron chi connectivity index (χ0n) is 17.6. The van der Waals surface area contributed by atoms with E-state index in [1.807, 2.05) is 31.2 Å². The molecule has 160 valence electrons. The van der Waals surface area contributed by atoms with Crippen LogP contribution in [0.4, 0.5) is 5.82 Å². The summed E-state index contributed by atoms with van der Waals surface area (Å²) in [6.07, 6.45) is 2.78. The molecule has 1 aliphatic heterocycles. The predicted molar refractivity (Wildman–Crippen MR) is 126 cm³/mol. The SMILES string of the molecule is CC1=C(C(=O)Nc2ccc(Br)cn2)[C@H](c2ccccc2Cl)C2=C(CC(C)(C)CC2=O)N1. The van der Waals surface area contributed by atoms with Gasteiger partial charge >= 0.3 is 0 Å². The summed E-state index contributed by atoms with van der Waals surface area (Å²) in [7, 11) is 0. The van der Waals surface area contributed by atoms with Crippen molar-refractivity contribution >= 4 is 45.0 Å². The van der Waals surface area contributed by atoms with Gasteiger partial charge in [-0.2, -0.15) is 0 Å². The number of pyridine rings is 1. The molecule has 7 heteroatoms. The Hall–Kier alpha value is -2.44. The minimum absolute atomic E-state index is 0.0447. The van der Waals surface area contributed by atoms with Crippen LogP contribution in [0, 0.1) is 5.41 Å². The number of dihydropyridines is 1. The first-order valence-corrected chi connectivity index (χ1v) is 11.2. The van der Waals surface area contributed by atoms with Crippen LogP contribution in [-0.2, 0) is 9.59 Å². The van der Waals surface area contributed by atoms with Crippen molar-refractivity contribution in [3.8, 4) is 0 Å². The number of hydrogen-bond acceptors (Lipinski definition) is 4. The minimum atomic E-state index is -0.538. The molecule has 4 rings (SSSR count). The normalized spacial score (nSPS) is 20.3. The lowest BCUT2D eigenvalue weighted by molar-refractivity contribution is -0.118. The molecule has 0 saturated carbocycles. The highest BCUT2D eigenvalue weighted by Crippen LogP contribution is 2.47. The fraction of sp³-hybridized carbons (Fsp3) is 0.292. The van der Waals surface area contributed by atoms with Gasteiger partial charge in [0, 0.05) is 50.6 Å². The predicted octanol–water partition coefficient (Wildman–Crippen LogP) is 5.74. The Morgan fingerprint density at radius 1 is 1.23 bits per heavy atom. The van der Waals surface area contributed by atoms with Crippen LogP contribution in [0.5, 0.6) is 0 Å². The van der Waals surface area contributed by atoms with Gasteiger partial charge < -0.3 is 10.6 Å². The lowest BCUT2D eigenvalue weighted by Crippen LogP contribution is -2.39. The molecule has 1 atom stereocenters. The Balaban J connectivity index is 1.81. The van der Waals surface area contributed by atoms with E-state index in [9.17, 15) is 9.59 Å². The van der Waals surface area contributed by atoms with Crippen molar-refractivity contribution in [3.63, 3.8) is 0 Å². The average molecular weight is 501 g/mol. The summed E-state index contributed by atoms with van der Waals surface area (Å²) >= 11 is 9.91. The molecule has 0 spiro atoms. The van der Waals surface area contributed by atoms with Crippen LogP contribution in [0.15, 0.2) is 69.6 Å². The number of amides is 1. The van der Waals surface area contributed by atoms with Crippen LogP contribution in [0.3, 0.4) is 0 Å². The number of nitrogens with zero attached hydrogens (tertiary/aromatic N) is 1. The monoisotopic (exact) mass is 499 g/mol. The number of ketones is 1. The van der Waals surface area contributed by atoms with Crippen molar-refractivity contribution in [2.75, 3.05) is 5.32 Å². The van der Waals surface area contributed by atoms with Gasteiger partial charge in [-0.3, -0.25) is 9.59 Å². The smallest absolute Gasteiger partial charge is 0.255 e. The van der Waals surface area contributed by atoms with Crippen LogP contribution in [0.2, 0.25) is 5.02 Å². The van der Waals surface area contributed by atoms with Crippen molar-refractivity contribution < 1.29 is 9.59 Å². The quantitative estimate of drug-likeness (QED) is 0.564. The van der Waals surface area contributed by atoms with E-state index in [1.54, 1.807) is 18.3 Å². The number of carbonyl (C=O) groups is 2. The fourth-order valence-corrected chi connectivity index (χ4v) is 4.87. The molecular weight excluding hydrogens is 478 g/mol. The molecule has 0 saturated heterocycles. The number of benzene rings is 1. The van der Waals surface area contributed by atoms with Gasteiger partial charge in [0.25, 0.3) is 5.91 Å². The van der Waals surface area contributed by atoms with Gasteiger partial charge in [-0.25, -0.2) is 4.98 Å². The number of nitrogens with one attached hydrogen (secondary N) is 2. The van der Waals surface area contributed by atoms with Crippen molar-refractivity contribution in [3.05, 3.63) is 80.2 Å². The zero-order valence-corrected chi connectivity index (χ0v) is 19.9. The topological polar surface area (TPSA) is 71.1 Å². The summed E-state index contributed by atoms with van der Waals surface area (Å²) in [5.41, 5.74) is 3.30. The van der Waals surface area contributed by atoms with E-state index < -0.39 is 5.92 Å². The minimum Gasteiger partial charge on any atom is -0.362 e. The molecule has 31 heavy (non-hydrogen) atoms. The second-order valence-electron chi connectivity index (χ2n) is 8.77. The number of Topliss-reactive ketones (excluding diaryl/α,β-unsaturated/α-hetero) is 1. The number of aromatic nitrogens is 1. The zero-order chi connectivity index (χ0) is 22.3. The molecule has 0 unspecified atom stereocenters. The number of allylic oxidation sites excluding steroid dienone is 3. The molecular formula is C24H23BrClN3O2.